The summed E-state index contributed by atoms with van der Waals surface area (Å²) < 4.78 is 0. The number of hydrogen-bond donors (Lipinski definition) is 3. The Hall–Kier alpha value is -1.84. The molecule has 0 radical (unpaired) electrons. The highest BCUT2D eigenvalue weighted by atomic mass is 16.2. The maximum absolute atomic E-state index is 11.0. The Morgan fingerprint density at radius 1 is 1.43 bits per heavy atom. The Balaban J connectivity index is 2.83. The van der Waals surface area contributed by atoms with E-state index in [2.05, 4.69) is 10.6 Å². The van der Waals surface area contributed by atoms with Crippen molar-refractivity contribution in [3.8, 4) is 0 Å². The number of amides is 2. The zero-order valence-electron chi connectivity index (χ0n) is 8.22. The van der Waals surface area contributed by atoms with Crippen LogP contribution in [0, 0.1) is 5.41 Å². The topological polar surface area (TPSA) is 65.0 Å². The molecule has 0 aliphatic heterocycles. The number of benzene rings is 1. The van der Waals surface area contributed by atoms with Gasteiger partial charge in [0, 0.05) is 18.4 Å². The molecule has 14 heavy (non-hydrogen) atoms. The molecule has 0 bridgehead atoms. The van der Waals surface area contributed by atoms with E-state index in [1.165, 1.54) is 0 Å². The molecule has 0 fully saturated rings. The Labute approximate surface area is 82.8 Å². The second-order valence-electron chi connectivity index (χ2n) is 2.91. The molecule has 4 heteroatoms. The molecule has 1 rings (SSSR count). The quantitative estimate of drug-likeness (QED) is 0.613. The van der Waals surface area contributed by atoms with Crippen LogP contribution in [-0.2, 0) is 0 Å². The highest BCUT2D eigenvalue weighted by Crippen LogP contribution is 2.10. The van der Waals surface area contributed by atoms with Gasteiger partial charge in [-0.3, -0.25) is 0 Å². The van der Waals surface area contributed by atoms with Gasteiger partial charge in [-0.25, -0.2) is 4.79 Å². The van der Waals surface area contributed by atoms with Gasteiger partial charge in [0.05, 0.1) is 0 Å². The summed E-state index contributed by atoms with van der Waals surface area (Å²) in [5, 5.41) is 12.5. The van der Waals surface area contributed by atoms with Gasteiger partial charge in [0.15, 0.2) is 0 Å². The van der Waals surface area contributed by atoms with Crippen LogP contribution in [0.5, 0.6) is 0 Å². The van der Waals surface area contributed by atoms with Crippen molar-refractivity contribution in [2.45, 2.75) is 6.92 Å². The second kappa shape index (κ2) is 4.41. The van der Waals surface area contributed by atoms with E-state index in [-0.39, 0.29) is 6.03 Å². The lowest BCUT2D eigenvalue weighted by Crippen LogP contribution is -2.24. The van der Waals surface area contributed by atoms with Crippen LogP contribution in [0.4, 0.5) is 10.5 Å². The molecule has 0 atom stereocenters. The number of hydrogen-bond acceptors (Lipinski definition) is 2. The van der Waals surface area contributed by atoms with E-state index in [1.807, 2.05) is 6.07 Å². The van der Waals surface area contributed by atoms with Crippen LogP contribution in [0.15, 0.2) is 24.3 Å². The molecule has 0 aromatic heterocycles. The van der Waals surface area contributed by atoms with Crippen LogP contribution >= 0.6 is 0 Å². The largest absolute Gasteiger partial charge is 0.341 e. The van der Waals surface area contributed by atoms with E-state index in [9.17, 15) is 4.79 Å². The van der Waals surface area contributed by atoms with E-state index in [4.69, 9.17) is 5.41 Å². The van der Waals surface area contributed by atoms with Crippen LogP contribution in [-0.4, -0.2) is 18.8 Å². The second-order valence-corrected chi connectivity index (χ2v) is 2.91. The van der Waals surface area contributed by atoms with Gasteiger partial charge < -0.3 is 16.0 Å². The molecule has 0 heterocycles. The molecule has 74 valence electrons. The summed E-state index contributed by atoms with van der Waals surface area (Å²) >= 11 is 0. The smallest absolute Gasteiger partial charge is 0.318 e. The fraction of sp³-hybridized carbons (Fsp3) is 0.200. The number of anilines is 1. The number of urea groups is 1. The molecule has 0 spiro atoms. The van der Waals surface area contributed by atoms with Crippen molar-refractivity contribution in [3.63, 3.8) is 0 Å². The highest BCUT2D eigenvalue weighted by Gasteiger charge is 2.00. The monoisotopic (exact) mass is 191 g/mol. The third-order valence-corrected chi connectivity index (χ3v) is 1.78. The summed E-state index contributed by atoms with van der Waals surface area (Å²) in [6, 6.07) is 6.92. The normalized spacial score (nSPS) is 9.29. The van der Waals surface area contributed by atoms with Crippen molar-refractivity contribution in [2.75, 3.05) is 12.4 Å². The van der Waals surface area contributed by atoms with E-state index < -0.39 is 0 Å². The van der Waals surface area contributed by atoms with E-state index in [0.29, 0.717) is 11.4 Å². The van der Waals surface area contributed by atoms with Crippen LogP contribution in [0.1, 0.15) is 12.5 Å². The SMILES string of the molecule is CNC(=O)Nc1cccc(C(C)=N)c1. The van der Waals surface area contributed by atoms with Gasteiger partial charge in [-0.15, -0.1) is 0 Å². The first-order chi connectivity index (χ1) is 6.63. The summed E-state index contributed by atoms with van der Waals surface area (Å²) in [7, 11) is 1.56. The van der Waals surface area contributed by atoms with Crippen LogP contribution in [0.25, 0.3) is 0 Å². The molecule has 3 N–H and O–H groups in total. The lowest BCUT2D eigenvalue weighted by molar-refractivity contribution is 0.254. The molecule has 1 aromatic carbocycles. The van der Waals surface area contributed by atoms with Crippen LogP contribution in [0.3, 0.4) is 0 Å². The number of rotatable bonds is 2. The zero-order chi connectivity index (χ0) is 10.6. The Morgan fingerprint density at radius 3 is 2.71 bits per heavy atom. The molecule has 0 aliphatic carbocycles. The molecule has 0 saturated carbocycles. The Morgan fingerprint density at radius 2 is 2.14 bits per heavy atom. The average molecular weight is 191 g/mol. The molecule has 0 saturated heterocycles. The summed E-state index contributed by atoms with van der Waals surface area (Å²) in [5.41, 5.74) is 1.97. The Bertz CT molecular complexity index is 360. The minimum atomic E-state index is -0.259. The van der Waals surface area contributed by atoms with Crippen molar-refractivity contribution >= 4 is 17.4 Å². The van der Waals surface area contributed by atoms with Crippen molar-refractivity contribution in [2.24, 2.45) is 0 Å². The maximum atomic E-state index is 11.0. The van der Waals surface area contributed by atoms with Gasteiger partial charge >= 0.3 is 6.03 Å². The molecule has 1 aromatic rings. The lowest BCUT2D eigenvalue weighted by Gasteiger charge is -2.05. The lowest BCUT2D eigenvalue weighted by atomic mass is 10.1. The average Bonchev–Trinajstić information content (AvgIpc) is 2.18. The summed E-state index contributed by atoms with van der Waals surface area (Å²) in [4.78, 5) is 11.0. The first kappa shape index (κ1) is 10.2. The molecule has 0 aliphatic rings. The minimum Gasteiger partial charge on any atom is -0.341 e. The van der Waals surface area contributed by atoms with Crippen molar-refractivity contribution in [3.05, 3.63) is 29.8 Å². The molecule has 4 nitrogen and oxygen atoms in total. The summed E-state index contributed by atoms with van der Waals surface area (Å²) in [6.07, 6.45) is 0. The number of nitrogens with one attached hydrogen (secondary N) is 3. The third-order valence-electron chi connectivity index (χ3n) is 1.78. The first-order valence-electron chi connectivity index (χ1n) is 4.28. The molecular formula is C10H13N3O. The predicted octanol–water partition coefficient (Wildman–Crippen LogP) is 1.83. The number of carbonyl (C=O) groups excluding carboxylic acids is 1. The zero-order valence-corrected chi connectivity index (χ0v) is 8.22. The van der Waals surface area contributed by atoms with E-state index >= 15 is 0 Å². The fourth-order valence-corrected chi connectivity index (χ4v) is 1.02. The van der Waals surface area contributed by atoms with Gasteiger partial charge in [-0.1, -0.05) is 12.1 Å². The van der Waals surface area contributed by atoms with Crippen LogP contribution < -0.4 is 10.6 Å². The van der Waals surface area contributed by atoms with Gasteiger partial charge in [0.2, 0.25) is 0 Å². The van der Waals surface area contributed by atoms with E-state index in [0.717, 1.165) is 5.56 Å². The van der Waals surface area contributed by atoms with Gasteiger partial charge in [-0.05, 0) is 24.6 Å². The van der Waals surface area contributed by atoms with E-state index in [1.54, 1.807) is 32.2 Å². The summed E-state index contributed by atoms with van der Waals surface area (Å²) in [5.74, 6) is 0. The van der Waals surface area contributed by atoms with Crippen molar-refractivity contribution < 1.29 is 4.79 Å². The van der Waals surface area contributed by atoms with Crippen molar-refractivity contribution in [1.29, 1.82) is 5.41 Å². The van der Waals surface area contributed by atoms with Gasteiger partial charge in [-0.2, -0.15) is 0 Å². The maximum Gasteiger partial charge on any atom is 0.318 e. The van der Waals surface area contributed by atoms with Crippen LogP contribution in [0.2, 0.25) is 0 Å². The Kier molecular flexibility index (Phi) is 3.23. The number of carbonyl (C=O) groups is 1. The highest BCUT2D eigenvalue weighted by molar-refractivity contribution is 5.98. The molecule has 0 unspecified atom stereocenters. The molecule has 2 amide bonds. The molecular weight excluding hydrogens is 178 g/mol. The standard InChI is InChI=1S/C10H13N3O/c1-7(11)8-4-3-5-9(6-8)13-10(14)12-2/h3-6,11H,1-2H3,(H2,12,13,14). The first-order valence-corrected chi connectivity index (χ1v) is 4.28. The fourth-order valence-electron chi connectivity index (χ4n) is 1.02. The van der Waals surface area contributed by atoms with Gasteiger partial charge in [0.25, 0.3) is 0 Å². The summed E-state index contributed by atoms with van der Waals surface area (Å²) in [6.45, 7) is 1.71. The van der Waals surface area contributed by atoms with Gasteiger partial charge in [0.1, 0.15) is 0 Å². The predicted molar refractivity (Wildman–Crippen MR) is 57.0 cm³/mol. The minimum absolute atomic E-state index is 0.259. The van der Waals surface area contributed by atoms with Crippen molar-refractivity contribution in [1.82, 2.24) is 5.32 Å². The third kappa shape index (κ3) is 2.58.